The fourth-order valence-electron chi connectivity index (χ4n) is 2.36. The van der Waals surface area contributed by atoms with Crippen LogP contribution in [0.15, 0.2) is 12.2 Å². The van der Waals surface area contributed by atoms with E-state index >= 15 is 0 Å². The van der Waals surface area contributed by atoms with Crippen LogP contribution in [-0.2, 0) is 0 Å². The van der Waals surface area contributed by atoms with Crippen LogP contribution < -0.4 is 5.32 Å². The molecule has 0 spiro atoms. The Balaban J connectivity index is 2.36. The number of nitrogens with zero attached hydrogens (tertiary/aromatic N) is 1. The summed E-state index contributed by atoms with van der Waals surface area (Å²) in [5, 5.41) is 3.42. The highest BCUT2D eigenvalue weighted by molar-refractivity contribution is 4.93. The van der Waals surface area contributed by atoms with Crippen LogP contribution in [0.25, 0.3) is 0 Å². The molecule has 0 aromatic carbocycles. The minimum absolute atomic E-state index is 0.509. The Bertz CT molecular complexity index is 192. The highest BCUT2D eigenvalue weighted by atomic mass is 15.1. The highest BCUT2D eigenvalue weighted by Crippen LogP contribution is 2.28. The maximum absolute atomic E-state index is 3.96. The summed E-state index contributed by atoms with van der Waals surface area (Å²) in [4.78, 5) is 2.40. The molecule has 1 N–H and O–H groups in total. The zero-order chi connectivity index (χ0) is 10.6. The molecule has 1 aliphatic rings. The van der Waals surface area contributed by atoms with Crippen molar-refractivity contribution < 1.29 is 0 Å². The van der Waals surface area contributed by atoms with Gasteiger partial charge in [-0.25, -0.2) is 0 Å². The summed E-state index contributed by atoms with van der Waals surface area (Å²) in [6, 6.07) is 0. The average molecular weight is 196 g/mol. The van der Waals surface area contributed by atoms with E-state index in [1.54, 1.807) is 0 Å². The molecule has 0 atom stereocenters. The van der Waals surface area contributed by atoms with Crippen molar-refractivity contribution in [1.29, 1.82) is 0 Å². The lowest BCUT2D eigenvalue weighted by Gasteiger charge is -2.37. The Hall–Kier alpha value is -0.340. The van der Waals surface area contributed by atoms with Crippen molar-refractivity contribution in [2.75, 3.05) is 33.2 Å². The zero-order valence-electron chi connectivity index (χ0n) is 9.90. The molecule has 0 aliphatic carbocycles. The van der Waals surface area contributed by atoms with Gasteiger partial charge in [-0.05, 0) is 45.3 Å². The lowest BCUT2D eigenvalue weighted by Crippen LogP contribution is -2.42. The van der Waals surface area contributed by atoms with Gasteiger partial charge in [0.25, 0.3) is 0 Å². The van der Waals surface area contributed by atoms with E-state index in [4.69, 9.17) is 0 Å². The topological polar surface area (TPSA) is 15.3 Å². The lowest BCUT2D eigenvalue weighted by atomic mass is 9.80. The van der Waals surface area contributed by atoms with E-state index in [0.29, 0.717) is 5.41 Å². The van der Waals surface area contributed by atoms with Gasteiger partial charge in [0.05, 0.1) is 0 Å². The molecule has 0 radical (unpaired) electrons. The van der Waals surface area contributed by atoms with E-state index in [0.717, 1.165) is 6.54 Å². The van der Waals surface area contributed by atoms with Gasteiger partial charge in [0.1, 0.15) is 0 Å². The van der Waals surface area contributed by atoms with Crippen LogP contribution in [-0.4, -0.2) is 38.1 Å². The van der Waals surface area contributed by atoms with Crippen LogP contribution in [0.3, 0.4) is 0 Å². The summed E-state index contributed by atoms with van der Waals surface area (Å²) in [5.74, 6) is 0. The summed E-state index contributed by atoms with van der Waals surface area (Å²) in [6.07, 6.45) is 2.60. The molecule has 1 rings (SSSR count). The van der Waals surface area contributed by atoms with Crippen molar-refractivity contribution in [1.82, 2.24) is 10.2 Å². The molecule has 0 saturated carbocycles. The molecule has 0 bridgehead atoms. The third kappa shape index (κ3) is 3.81. The van der Waals surface area contributed by atoms with E-state index in [1.165, 1.54) is 38.0 Å². The number of hydrogen-bond acceptors (Lipinski definition) is 2. The first-order valence-corrected chi connectivity index (χ1v) is 5.55. The molecule has 0 unspecified atom stereocenters. The first kappa shape index (κ1) is 11.7. The van der Waals surface area contributed by atoms with Crippen LogP contribution in [0.2, 0.25) is 0 Å². The molecule has 82 valence electrons. The molecule has 1 saturated heterocycles. The van der Waals surface area contributed by atoms with Crippen molar-refractivity contribution in [3.63, 3.8) is 0 Å². The van der Waals surface area contributed by atoms with Crippen molar-refractivity contribution in [3.05, 3.63) is 12.2 Å². The van der Waals surface area contributed by atoms with Gasteiger partial charge < -0.3 is 10.2 Å². The molecule has 1 aliphatic heterocycles. The lowest BCUT2D eigenvalue weighted by molar-refractivity contribution is 0.154. The van der Waals surface area contributed by atoms with Gasteiger partial charge in [0.15, 0.2) is 0 Å². The first-order chi connectivity index (χ1) is 6.52. The molecule has 0 aromatic rings. The second-order valence-corrected chi connectivity index (χ2v) is 5.19. The maximum atomic E-state index is 3.96. The van der Waals surface area contributed by atoms with Gasteiger partial charge in [0.2, 0.25) is 0 Å². The number of likely N-dealkylation sites (N-methyl/N-ethyl adjacent to an activating group) is 1. The standard InChI is InChI=1S/C12H24N2/c1-11(2)9-14(4)10-12(3)5-7-13-8-6-12/h13H,1,5-10H2,2-4H3. The Morgan fingerprint density at radius 2 is 2.00 bits per heavy atom. The summed E-state index contributed by atoms with van der Waals surface area (Å²) in [7, 11) is 2.20. The summed E-state index contributed by atoms with van der Waals surface area (Å²) < 4.78 is 0. The van der Waals surface area contributed by atoms with Gasteiger partial charge in [-0.2, -0.15) is 0 Å². The van der Waals surface area contributed by atoms with Crippen LogP contribution in [0.4, 0.5) is 0 Å². The van der Waals surface area contributed by atoms with Crippen molar-refractivity contribution in [2.24, 2.45) is 5.41 Å². The first-order valence-electron chi connectivity index (χ1n) is 5.55. The fraction of sp³-hybridized carbons (Fsp3) is 0.833. The van der Waals surface area contributed by atoms with Crippen LogP contribution in [0.5, 0.6) is 0 Å². The van der Waals surface area contributed by atoms with Crippen LogP contribution in [0.1, 0.15) is 26.7 Å². The van der Waals surface area contributed by atoms with E-state index < -0.39 is 0 Å². The van der Waals surface area contributed by atoms with Gasteiger partial charge in [0, 0.05) is 13.1 Å². The van der Waals surface area contributed by atoms with E-state index in [1.807, 2.05) is 0 Å². The minimum atomic E-state index is 0.509. The van der Waals surface area contributed by atoms with Gasteiger partial charge in [-0.3, -0.25) is 0 Å². The zero-order valence-corrected chi connectivity index (χ0v) is 9.90. The second kappa shape index (κ2) is 4.94. The smallest absolute Gasteiger partial charge is 0.0184 e. The predicted octanol–water partition coefficient (Wildman–Crippen LogP) is 1.88. The Morgan fingerprint density at radius 1 is 1.43 bits per heavy atom. The number of nitrogens with one attached hydrogen (secondary N) is 1. The Kier molecular flexibility index (Phi) is 4.14. The molecular weight excluding hydrogens is 172 g/mol. The number of piperidine rings is 1. The largest absolute Gasteiger partial charge is 0.317 e. The fourth-order valence-corrected chi connectivity index (χ4v) is 2.36. The highest BCUT2D eigenvalue weighted by Gasteiger charge is 2.27. The average Bonchev–Trinajstić information content (AvgIpc) is 2.02. The predicted molar refractivity (Wildman–Crippen MR) is 62.5 cm³/mol. The van der Waals surface area contributed by atoms with Gasteiger partial charge >= 0.3 is 0 Å². The molecule has 2 nitrogen and oxygen atoms in total. The van der Waals surface area contributed by atoms with E-state index in [-0.39, 0.29) is 0 Å². The summed E-state index contributed by atoms with van der Waals surface area (Å²) >= 11 is 0. The quantitative estimate of drug-likeness (QED) is 0.691. The third-order valence-corrected chi connectivity index (χ3v) is 3.00. The van der Waals surface area contributed by atoms with E-state index in [9.17, 15) is 0 Å². The molecule has 1 fully saturated rings. The second-order valence-electron chi connectivity index (χ2n) is 5.19. The van der Waals surface area contributed by atoms with Crippen molar-refractivity contribution in [2.45, 2.75) is 26.7 Å². The third-order valence-electron chi connectivity index (χ3n) is 3.00. The van der Waals surface area contributed by atoms with Crippen LogP contribution >= 0.6 is 0 Å². The van der Waals surface area contributed by atoms with Gasteiger partial charge in [-0.15, -0.1) is 0 Å². The Morgan fingerprint density at radius 3 is 2.50 bits per heavy atom. The van der Waals surface area contributed by atoms with Crippen LogP contribution in [0, 0.1) is 5.41 Å². The molecule has 14 heavy (non-hydrogen) atoms. The molecule has 2 heteroatoms. The molecule has 0 aromatic heterocycles. The molecule has 0 amide bonds. The normalized spacial score (nSPS) is 21.1. The number of hydrogen-bond donors (Lipinski definition) is 1. The monoisotopic (exact) mass is 196 g/mol. The van der Waals surface area contributed by atoms with Gasteiger partial charge in [-0.1, -0.05) is 19.1 Å². The Labute approximate surface area is 88.4 Å². The SMILES string of the molecule is C=C(C)CN(C)CC1(C)CCNCC1. The summed E-state index contributed by atoms with van der Waals surface area (Å²) in [6.45, 7) is 13.0. The summed E-state index contributed by atoms with van der Waals surface area (Å²) in [5.41, 5.74) is 1.76. The number of rotatable bonds is 4. The van der Waals surface area contributed by atoms with Crippen molar-refractivity contribution in [3.8, 4) is 0 Å². The molecule has 1 heterocycles. The maximum Gasteiger partial charge on any atom is 0.0184 e. The van der Waals surface area contributed by atoms with Crippen molar-refractivity contribution >= 4 is 0 Å². The minimum Gasteiger partial charge on any atom is -0.317 e. The molecular formula is C12H24N2. The van der Waals surface area contributed by atoms with E-state index in [2.05, 4.69) is 37.7 Å².